The van der Waals surface area contributed by atoms with Crippen molar-refractivity contribution in [3.05, 3.63) is 35.9 Å². The van der Waals surface area contributed by atoms with Gasteiger partial charge in [-0.05, 0) is 12.5 Å². The van der Waals surface area contributed by atoms with Gasteiger partial charge in [0.25, 0.3) is 0 Å². The molecule has 0 amide bonds. The highest BCUT2D eigenvalue weighted by Crippen LogP contribution is 2.26. The van der Waals surface area contributed by atoms with Crippen molar-refractivity contribution in [2.45, 2.75) is 25.4 Å². The number of benzene rings is 1. The topological polar surface area (TPSA) is 46.2 Å². The molecule has 72 valence electrons. The van der Waals surface area contributed by atoms with Gasteiger partial charge in [-0.3, -0.25) is 0 Å². The molecule has 0 aliphatic carbocycles. The zero-order valence-electron chi connectivity index (χ0n) is 8.20. The Morgan fingerprint density at radius 1 is 1.38 bits per heavy atom. The molecule has 0 saturated heterocycles. The maximum Gasteiger partial charge on any atom is 0.0806 e. The lowest BCUT2D eigenvalue weighted by Gasteiger charge is -2.29. The second kappa shape index (κ2) is 3.90. The Kier molecular flexibility index (Phi) is 3.07. The Morgan fingerprint density at radius 2 is 1.92 bits per heavy atom. The number of hydrogen-bond acceptors (Lipinski definition) is 2. The van der Waals surface area contributed by atoms with Crippen molar-refractivity contribution in [3.63, 3.8) is 0 Å². The molecule has 1 aromatic carbocycles. The highest BCUT2D eigenvalue weighted by atomic mass is 16.3. The summed E-state index contributed by atoms with van der Waals surface area (Å²) in [5.41, 5.74) is 5.80. The van der Waals surface area contributed by atoms with Gasteiger partial charge in [0.05, 0.1) is 5.60 Å². The molecule has 0 bridgehead atoms. The Labute approximate surface area is 79.4 Å². The fourth-order valence-corrected chi connectivity index (χ4v) is 1.28. The summed E-state index contributed by atoms with van der Waals surface area (Å²) in [6, 6.07) is 9.92. The fourth-order valence-electron chi connectivity index (χ4n) is 1.28. The highest BCUT2D eigenvalue weighted by molar-refractivity contribution is 5.21. The lowest BCUT2D eigenvalue weighted by atomic mass is 9.85. The molecule has 0 spiro atoms. The second-order valence-electron chi connectivity index (χ2n) is 3.69. The largest absolute Gasteiger partial charge is 0.388 e. The summed E-state index contributed by atoms with van der Waals surface area (Å²) in [6.45, 7) is 4.04. The fraction of sp³-hybridized carbons (Fsp3) is 0.455. The van der Waals surface area contributed by atoms with Crippen molar-refractivity contribution in [1.82, 2.24) is 0 Å². The first-order valence-corrected chi connectivity index (χ1v) is 4.55. The smallest absolute Gasteiger partial charge is 0.0806 e. The van der Waals surface area contributed by atoms with Gasteiger partial charge in [0.2, 0.25) is 0 Å². The molecule has 0 heterocycles. The van der Waals surface area contributed by atoms with Crippen molar-refractivity contribution >= 4 is 0 Å². The maximum absolute atomic E-state index is 9.92. The van der Waals surface area contributed by atoms with Crippen LogP contribution < -0.4 is 5.73 Å². The maximum atomic E-state index is 9.92. The third kappa shape index (κ3) is 2.29. The minimum Gasteiger partial charge on any atom is -0.388 e. The molecule has 2 heteroatoms. The predicted octanol–water partition coefficient (Wildman–Crippen LogP) is 1.50. The molecule has 1 rings (SSSR count). The van der Waals surface area contributed by atoms with E-state index in [1.165, 1.54) is 0 Å². The van der Waals surface area contributed by atoms with E-state index >= 15 is 0 Å². The van der Waals surface area contributed by atoms with E-state index in [1.54, 1.807) is 6.92 Å². The molecule has 0 fully saturated rings. The standard InChI is InChI=1S/C11H17NO/c1-9(11(2,13)8-12)10-6-4-3-5-7-10/h3-7,9,13H,8,12H2,1-2H3. The molecule has 13 heavy (non-hydrogen) atoms. The van der Waals surface area contributed by atoms with Crippen LogP contribution in [0.2, 0.25) is 0 Å². The van der Waals surface area contributed by atoms with Gasteiger partial charge < -0.3 is 10.8 Å². The third-order valence-corrected chi connectivity index (χ3v) is 2.65. The van der Waals surface area contributed by atoms with Crippen LogP contribution in [-0.2, 0) is 0 Å². The molecule has 0 aliphatic heterocycles. The van der Waals surface area contributed by atoms with E-state index in [2.05, 4.69) is 0 Å². The average Bonchev–Trinajstić information content (AvgIpc) is 2.18. The Bertz CT molecular complexity index is 256. The van der Waals surface area contributed by atoms with Crippen LogP contribution in [0.25, 0.3) is 0 Å². The summed E-state index contributed by atoms with van der Waals surface area (Å²) in [6.07, 6.45) is 0. The van der Waals surface area contributed by atoms with Crippen LogP contribution in [0.5, 0.6) is 0 Å². The van der Waals surface area contributed by atoms with Crippen molar-refractivity contribution in [3.8, 4) is 0 Å². The number of nitrogens with two attached hydrogens (primary N) is 1. The van der Waals surface area contributed by atoms with Crippen molar-refractivity contribution in [2.75, 3.05) is 6.54 Å². The second-order valence-corrected chi connectivity index (χ2v) is 3.69. The third-order valence-electron chi connectivity index (χ3n) is 2.65. The van der Waals surface area contributed by atoms with Crippen LogP contribution >= 0.6 is 0 Å². The zero-order valence-corrected chi connectivity index (χ0v) is 8.20. The van der Waals surface area contributed by atoms with Crippen LogP contribution in [0.1, 0.15) is 25.3 Å². The van der Waals surface area contributed by atoms with Gasteiger partial charge in [0, 0.05) is 12.5 Å². The molecule has 0 aromatic heterocycles. The summed E-state index contributed by atoms with van der Waals surface area (Å²) < 4.78 is 0. The van der Waals surface area contributed by atoms with E-state index < -0.39 is 5.60 Å². The van der Waals surface area contributed by atoms with Gasteiger partial charge in [-0.15, -0.1) is 0 Å². The Morgan fingerprint density at radius 3 is 2.38 bits per heavy atom. The van der Waals surface area contributed by atoms with Crippen molar-refractivity contribution in [1.29, 1.82) is 0 Å². The van der Waals surface area contributed by atoms with E-state index in [0.717, 1.165) is 5.56 Å². The van der Waals surface area contributed by atoms with E-state index in [9.17, 15) is 5.11 Å². The van der Waals surface area contributed by atoms with Gasteiger partial charge in [-0.2, -0.15) is 0 Å². The summed E-state index contributed by atoms with van der Waals surface area (Å²) in [5, 5.41) is 9.92. The number of hydrogen-bond donors (Lipinski definition) is 2. The normalized spacial score (nSPS) is 17.8. The Hall–Kier alpha value is -0.860. The van der Waals surface area contributed by atoms with E-state index in [0.29, 0.717) is 0 Å². The van der Waals surface area contributed by atoms with Crippen LogP contribution in [0.15, 0.2) is 30.3 Å². The minimum absolute atomic E-state index is 0.0682. The van der Waals surface area contributed by atoms with Gasteiger partial charge >= 0.3 is 0 Å². The molecular formula is C11H17NO. The lowest BCUT2D eigenvalue weighted by molar-refractivity contribution is 0.0451. The predicted molar refractivity (Wildman–Crippen MR) is 54.5 cm³/mol. The van der Waals surface area contributed by atoms with Gasteiger partial charge in [0.15, 0.2) is 0 Å². The Balaban J connectivity index is 2.85. The summed E-state index contributed by atoms with van der Waals surface area (Å²) in [7, 11) is 0. The first-order chi connectivity index (χ1) is 6.08. The van der Waals surface area contributed by atoms with Gasteiger partial charge in [0.1, 0.15) is 0 Å². The first-order valence-electron chi connectivity index (χ1n) is 4.55. The van der Waals surface area contributed by atoms with Gasteiger partial charge in [-0.25, -0.2) is 0 Å². The zero-order chi connectivity index (χ0) is 9.90. The lowest BCUT2D eigenvalue weighted by Crippen LogP contribution is -2.39. The van der Waals surface area contributed by atoms with Crippen LogP contribution in [-0.4, -0.2) is 17.3 Å². The van der Waals surface area contributed by atoms with Crippen LogP contribution in [0.4, 0.5) is 0 Å². The van der Waals surface area contributed by atoms with E-state index in [4.69, 9.17) is 5.73 Å². The van der Waals surface area contributed by atoms with Crippen molar-refractivity contribution < 1.29 is 5.11 Å². The first kappa shape index (κ1) is 10.2. The molecule has 1 aromatic rings. The minimum atomic E-state index is -0.818. The summed E-state index contributed by atoms with van der Waals surface area (Å²) in [4.78, 5) is 0. The molecule has 3 N–H and O–H groups in total. The van der Waals surface area contributed by atoms with E-state index in [1.807, 2.05) is 37.3 Å². The highest BCUT2D eigenvalue weighted by Gasteiger charge is 2.27. The quantitative estimate of drug-likeness (QED) is 0.738. The van der Waals surface area contributed by atoms with Gasteiger partial charge in [-0.1, -0.05) is 37.3 Å². The molecule has 2 atom stereocenters. The number of rotatable bonds is 3. The molecule has 2 nitrogen and oxygen atoms in total. The monoisotopic (exact) mass is 179 g/mol. The summed E-state index contributed by atoms with van der Waals surface area (Å²) in [5.74, 6) is 0.0682. The molecule has 2 unspecified atom stereocenters. The van der Waals surface area contributed by atoms with Crippen LogP contribution in [0, 0.1) is 0 Å². The van der Waals surface area contributed by atoms with Crippen LogP contribution in [0.3, 0.4) is 0 Å². The SMILES string of the molecule is CC(c1ccccc1)C(C)(O)CN. The molecule has 0 aliphatic rings. The molecular weight excluding hydrogens is 162 g/mol. The van der Waals surface area contributed by atoms with Crippen molar-refractivity contribution in [2.24, 2.45) is 5.73 Å². The van der Waals surface area contributed by atoms with E-state index in [-0.39, 0.29) is 12.5 Å². The molecule has 0 radical (unpaired) electrons. The summed E-state index contributed by atoms with van der Waals surface area (Å²) >= 11 is 0. The molecule has 0 saturated carbocycles. The number of aliphatic hydroxyl groups is 1. The average molecular weight is 179 g/mol.